The number of benzene rings is 1. The van der Waals surface area contributed by atoms with Gasteiger partial charge in [-0.15, -0.1) is 0 Å². The van der Waals surface area contributed by atoms with Gasteiger partial charge in [0.15, 0.2) is 0 Å². The predicted molar refractivity (Wildman–Crippen MR) is 96.5 cm³/mol. The number of nitrogens with one attached hydrogen (secondary N) is 1. The summed E-state index contributed by atoms with van der Waals surface area (Å²) < 4.78 is 39.8. The van der Waals surface area contributed by atoms with E-state index in [4.69, 9.17) is 0 Å². The Morgan fingerprint density at radius 2 is 1.81 bits per heavy atom. The summed E-state index contributed by atoms with van der Waals surface area (Å²) in [5.41, 5.74) is 1.76. The summed E-state index contributed by atoms with van der Waals surface area (Å²) in [6, 6.07) is 6.26. The van der Waals surface area contributed by atoms with Crippen LogP contribution in [0.25, 0.3) is 0 Å². The Morgan fingerprint density at radius 1 is 1.19 bits per heavy atom. The highest BCUT2D eigenvalue weighted by Gasteiger charge is 2.30. The number of carbonyl (C=O) groups is 1. The second-order valence-electron chi connectivity index (χ2n) is 7.04. The summed E-state index contributed by atoms with van der Waals surface area (Å²) in [5, 5.41) is 7.15. The van der Waals surface area contributed by atoms with E-state index in [1.807, 2.05) is 24.6 Å². The summed E-state index contributed by atoms with van der Waals surface area (Å²) in [6.07, 6.45) is -2.63. The van der Waals surface area contributed by atoms with Gasteiger partial charge < -0.3 is 10.2 Å². The zero-order valence-electron chi connectivity index (χ0n) is 15.4. The Bertz CT molecular complexity index is 790. The smallest absolute Gasteiger partial charge is 0.325 e. The van der Waals surface area contributed by atoms with Crippen molar-refractivity contribution in [3.8, 4) is 0 Å². The van der Waals surface area contributed by atoms with Crippen LogP contribution in [0.5, 0.6) is 0 Å². The molecule has 0 saturated carbocycles. The van der Waals surface area contributed by atoms with Gasteiger partial charge in [-0.25, -0.2) is 4.79 Å². The largest absolute Gasteiger partial charge is 0.416 e. The summed E-state index contributed by atoms with van der Waals surface area (Å²) >= 11 is 0. The molecule has 1 aliphatic rings. The van der Waals surface area contributed by atoms with Crippen LogP contribution in [0.4, 0.5) is 23.7 Å². The van der Waals surface area contributed by atoms with Gasteiger partial charge in [0.05, 0.1) is 11.3 Å². The van der Waals surface area contributed by atoms with Crippen molar-refractivity contribution in [1.82, 2.24) is 14.7 Å². The summed E-state index contributed by atoms with van der Waals surface area (Å²) in [7, 11) is 0. The molecular formula is C19H23F3N4O. The van der Waals surface area contributed by atoms with Crippen LogP contribution in [0.1, 0.15) is 29.8 Å². The molecule has 0 spiro atoms. The average molecular weight is 380 g/mol. The van der Waals surface area contributed by atoms with E-state index in [2.05, 4.69) is 10.4 Å². The minimum Gasteiger partial charge on any atom is -0.325 e. The number of nitrogens with zero attached hydrogens (tertiary/aromatic N) is 3. The second kappa shape index (κ2) is 7.62. The molecule has 0 atom stereocenters. The first kappa shape index (κ1) is 19.3. The molecule has 1 N–H and O–H groups in total. The number of halogens is 3. The molecule has 0 aliphatic carbocycles. The number of carbonyl (C=O) groups excluding carboxylic acids is 1. The highest BCUT2D eigenvalue weighted by Crippen LogP contribution is 2.30. The van der Waals surface area contributed by atoms with Crippen molar-refractivity contribution in [2.24, 2.45) is 5.92 Å². The van der Waals surface area contributed by atoms with E-state index in [9.17, 15) is 18.0 Å². The number of rotatable bonds is 3. The van der Waals surface area contributed by atoms with Crippen molar-refractivity contribution >= 4 is 11.7 Å². The SMILES string of the molecule is Cc1cc(C)n(CC2CCN(C(=O)Nc3ccc(C(F)(F)F)cc3)CC2)n1. The molecule has 1 aliphatic heterocycles. The van der Waals surface area contributed by atoms with Gasteiger partial charge in [-0.3, -0.25) is 4.68 Å². The molecule has 2 aromatic rings. The number of aryl methyl sites for hydroxylation is 2. The van der Waals surface area contributed by atoms with E-state index < -0.39 is 11.7 Å². The standard InChI is InChI=1S/C19H23F3N4O/c1-13-11-14(2)26(24-13)12-15-7-9-25(10-8-15)18(27)23-17-5-3-16(4-6-17)19(20,21)22/h3-6,11,15H,7-10,12H2,1-2H3,(H,23,27). The molecular weight excluding hydrogens is 357 g/mol. The molecule has 0 bridgehead atoms. The maximum atomic E-state index is 12.6. The monoisotopic (exact) mass is 380 g/mol. The van der Waals surface area contributed by atoms with Gasteiger partial charge in [0.25, 0.3) is 0 Å². The van der Waals surface area contributed by atoms with E-state index in [0.717, 1.165) is 42.9 Å². The number of urea groups is 1. The lowest BCUT2D eigenvalue weighted by atomic mass is 9.97. The Hall–Kier alpha value is -2.51. The lowest BCUT2D eigenvalue weighted by Gasteiger charge is -2.32. The van der Waals surface area contributed by atoms with E-state index in [1.165, 1.54) is 12.1 Å². The van der Waals surface area contributed by atoms with Gasteiger partial charge in [0.2, 0.25) is 0 Å². The molecule has 2 amide bonds. The van der Waals surface area contributed by atoms with Crippen LogP contribution in [0, 0.1) is 19.8 Å². The summed E-state index contributed by atoms with van der Waals surface area (Å²) in [6.45, 7) is 6.09. The van der Waals surface area contributed by atoms with Crippen molar-refractivity contribution in [1.29, 1.82) is 0 Å². The number of alkyl halides is 3. The molecule has 8 heteroatoms. The van der Waals surface area contributed by atoms with Crippen LogP contribution in [-0.4, -0.2) is 33.8 Å². The van der Waals surface area contributed by atoms with Crippen LogP contribution < -0.4 is 5.32 Å². The highest BCUT2D eigenvalue weighted by atomic mass is 19.4. The fourth-order valence-electron chi connectivity index (χ4n) is 3.37. The number of hydrogen-bond donors (Lipinski definition) is 1. The topological polar surface area (TPSA) is 50.2 Å². The third-order valence-corrected chi connectivity index (χ3v) is 4.90. The average Bonchev–Trinajstić information content (AvgIpc) is 2.92. The van der Waals surface area contributed by atoms with Gasteiger partial charge in [-0.05, 0) is 62.9 Å². The van der Waals surface area contributed by atoms with Crippen LogP contribution in [0.15, 0.2) is 30.3 Å². The fourth-order valence-corrected chi connectivity index (χ4v) is 3.37. The molecule has 3 rings (SSSR count). The Morgan fingerprint density at radius 3 is 2.33 bits per heavy atom. The molecule has 1 fully saturated rings. The van der Waals surface area contributed by atoms with Gasteiger partial charge in [-0.1, -0.05) is 0 Å². The summed E-state index contributed by atoms with van der Waals surface area (Å²) in [5.74, 6) is 0.457. The number of amides is 2. The van der Waals surface area contributed by atoms with Crippen LogP contribution in [-0.2, 0) is 12.7 Å². The van der Waals surface area contributed by atoms with E-state index >= 15 is 0 Å². The van der Waals surface area contributed by atoms with Gasteiger partial charge in [0.1, 0.15) is 0 Å². The Balaban J connectivity index is 1.50. The van der Waals surface area contributed by atoms with E-state index in [1.54, 1.807) is 4.90 Å². The van der Waals surface area contributed by atoms with E-state index in [-0.39, 0.29) is 6.03 Å². The number of anilines is 1. The Kier molecular flexibility index (Phi) is 5.43. The lowest BCUT2D eigenvalue weighted by Crippen LogP contribution is -2.41. The van der Waals surface area contributed by atoms with Crippen LogP contribution in [0.3, 0.4) is 0 Å². The minimum atomic E-state index is -4.38. The zero-order valence-corrected chi connectivity index (χ0v) is 15.4. The molecule has 1 saturated heterocycles. The molecule has 1 aromatic carbocycles. The predicted octanol–water partition coefficient (Wildman–Crippen LogP) is 4.46. The van der Waals surface area contributed by atoms with Crippen molar-refractivity contribution in [2.45, 2.75) is 39.4 Å². The van der Waals surface area contributed by atoms with Crippen molar-refractivity contribution in [3.63, 3.8) is 0 Å². The van der Waals surface area contributed by atoms with E-state index in [0.29, 0.717) is 24.7 Å². The number of likely N-dealkylation sites (tertiary alicyclic amines) is 1. The first-order chi connectivity index (χ1) is 12.7. The minimum absolute atomic E-state index is 0.278. The number of piperidine rings is 1. The highest BCUT2D eigenvalue weighted by molar-refractivity contribution is 5.89. The number of aromatic nitrogens is 2. The number of hydrogen-bond acceptors (Lipinski definition) is 2. The quantitative estimate of drug-likeness (QED) is 0.855. The van der Waals surface area contributed by atoms with Gasteiger partial charge in [-0.2, -0.15) is 18.3 Å². The maximum absolute atomic E-state index is 12.6. The van der Waals surface area contributed by atoms with Crippen LogP contribution >= 0.6 is 0 Å². The summed E-state index contributed by atoms with van der Waals surface area (Å²) in [4.78, 5) is 14.1. The second-order valence-corrected chi connectivity index (χ2v) is 7.04. The lowest BCUT2D eigenvalue weighted by molar-refractivity contribution is -0.137. The molecule has 146 valence electrons. The third-order valence-electron chi connectivity index (χ3n) is 4.90. The van der Waals surface area contributed by atoms with Crippen molar-refractivity contribution in [3.05, 3.63) is 47.3 Å². The third kappa shape index (κ3) is 4.81. The molecule has 27 heavy (non-hydrogen) atoms. The molecule has 2 heterocycles. The first-order valence-corrected chi connectivity index (χ1v) is 8.96. The maximum Gasteiger partial charge on any atom is 0.416 e. The fraction of sp³-hybridized carbons (Fsp3) is 0.474. The van der Waals surface area contributed by atoms with Gasteiger partial charge >= 0.3 is 12.2 Å². The van der Waals surface area contributed by atoms with Crippen molar-refractivity contribution in [2.75, 3.05) is 18.4 Å². The van der Waals surface area contributed by atoms with Crippen LogP contribution in [0.2, 0.25) is 0 Å². The Labute approximate surface area is 156 Å². The molecule has 1 aromatic heterocycles. The first-order valence-electron chi connectivity index (χ1n) is 8.96. The normalized spacial score (nSPS) is 15.8. The molecule has 0 unspecified atom stereocenters. The zero-order chi connectivity index (χ0) is 19.6. The van der Waals surface area contributed by atoms with Crippen molar-refractivity contribution < 1.29 is 18.0 Å². The molecule has 0 radical (unpaired) electrons. The molecule has 5 nitrogen and oxygen atoms in total. The van der Waals surface area contributed by atoms with Gasteiger partial charge in [0, 0.05) is 31.0 Å².